The minimum absolute atomic E-state index is 0.0213. The molecule has 3 rings (SSSR count). The van der Waals surface area contributed by atoms with E-state index in [-0.39, 0.29) is 19.4 Å². The highest BCUT2D eigenvalue weighted by Crippen LogP contribution is 2.14. The summed E-state index contributed by atoms with van der Waals surface area (Å²) in [4.78, 5) is 35.8. The zero-order valence-electron chi connectivity index (χ0n) is 13.8. The summed E-state index contributed by atoms with van der Waals surface area (Å²) < 4.78 is 10.0. The van der Waals surface area contributed by atoms with Crippen molar-refractivity contribution in [1.29, 1.82) is 0 Å². The van der Waals surface area contributed by atoms with Gasteiger partial charge < -0.3 is 9.26 Å². The van der Waals surface area contributed by atoms with Crippen molar-refractivity contribution in [2.24, 2.45) is 0 Å². The lowest BCUT2D eigenvalue weighted by Crippen LogP contribution is -2.21. The second-order valence-corrected chi connectivity index (χ2v) is 6.09. The number of hydrogen-bond donors (Lipinski definition) is 1. The number of esters is 1. The molecule has 0 bridgehead atoms. The van der Waals surface area contributed by atoms with Gasteiger partial charge in [-0.3, -0.25) is 19.9 Å². The van der Waals surface area contributed by atoms with Gasteiger partial charge in [0.1, 0.15) is 5.69 Å². The largest absolute Gasteiger partial charge is 0.456 e. The zero-order valence-corrected chi connectivity index (χ0v) is 14.7. The summed E-state index contributed by atoms with van der Waals surface area (Å²) in [6, 6.07) is 5.35. The molecule has 0 atom stereocenters. The van der Waals surface area contributed by atoms with Gasteiger partial charge >= 0.3 is 5.97 Å². The van der Waals surface area contributed by atoms with Gasteiger partial charge in [0.15, 0.2) is 11.7 Å². The first-order chi connectivity index (χ1) is 12.6. The van der Waals surface area contributed by atoms with Crippen molar-refractivity contribution < 1.29 is 18.8 Å². The van der Waals surface area contributed by atoms with Crippen LogP contribution in [0.5, 0.6) is 0 Å². The molecule has 0 radical (unpaired) electrons. The average molecular weight is 373 g/mol. The third-order valence-corrected chi connectivity index (χ3v) is 4.01. The van der Waals surface area contributed by atoms with Gasteiger partial charge in [-0.05, 0) is 19.1 Å². The predicted molar refractivity (Wildman–Crippen MR) is 92.3 cm³/mol. The standard InChI is InChI=1S/C16H15N5O4S/c1-10-9-26-16(18-10)19-12(22)8-24-14(23)6-5-13-20-15(21-25-13)11-4-2-3-7-17-11/h2-4,7,9H,5-6,8H2,1H3,(H,18,19,22). The van der Waals surface area contributed by atoms with Crippen molar-refractivity contribution in [2.75, 3.05) is 11.9 Å². The summed E-state index contributed by atoms with van der Waals surface area (Å²) in [5, 5.41) is 8.65. The van der Waals surface area contributed by atoms with Gasteiger partial charge in [-0.1, -0.05) is 11.2 Å². The van der Waals surface area contributed by atoms with Gasteiger partial charge in [-0.25, -0.2) is 4.98 Å². The summed E-state index contributed by atoms with van der Waals surface area (Å²) in [5.41, 5.74) is 1.39. The average Bonchev–Trinajstić information content (AvgIpc) is 3.28. The van der Waals surface area contributed by atoms with Gasteiger partial charge in [0.05, 0.1) is 12.1 Å². The van der Waals surface area contributed by atoms with Gasteiger partial charge in [0.2, 0.25) is 11.7 Å². The van der Waals surface area contributed by atoms with Crippen molar-refractivity contribution >= 4 is 28.3 Å². The molecule has 0 aliphatic heterocycles. The van der Waals surface area contributed by atoms with Crippen LogP contribution in [0, 0.1) is 6.92 Å². The number of carbonyl (C=O) groups excluding carboxylic acids is 2. The summed E-state index contributed by atoms with van der Waals surface area (Å²) in [6.07, 6.45) is 1.86. The van der Waals surface area contributed by atoms with E-state index in [0.717, 1.165) is 5.69 Å². The van der Waals surface area contributed by atoms with Crippen molar-refractivity contribution in [3.05, 3.63) is 41.4 Å². The van der Waals surface area contributed by atoms with Gasteiger partial charge in [-0.2, -0.15) is 4.98 Å². The number of rotatable bonds is 7. The van der Waals surface area contributed by atoms with Crippen molar-refractivity contribution in [2.45, 2.75) is 19.8 Å². The topological polar surface area (TPSA) is 120 Å². The highest BCUT2D eigenvalue weighted by atomic mass is 32.1. The first kappa shape index (κ1) is 17.7. The van der Waals surface area contributed by atoms with E-state index in [4.69, 9.17) is 9.26 Å². The number of nitrogens with one attached hydrogen (secondary N) is 1. The van der Waals surface area contributed by atoms with Crippen molar-refractivity contribution in [3.8, 4) is 11.5 Å². The fraction of sp³-hybridized carbons (Fsp3) is 0.250. The van der Waals surface area contributed by atoms with Crippen LogP contribution in [0.3, 0.4) is 0 Å². The Morgan fingerprint density at radius 3 is 2.92 bits per heavy atom. The Hall–Kier alpha value is -3.14. The number of thiazole rings is 1. The molecule has 9 nitrogen and oxygen atoms in total. The van der Waals surface area contributed by atoms with Crippen LogP contribution in [0.1, 0.15) is 18.0 Å². The van der Waals surface area contributed by atoms with Gasteiger partial charge in [0, 0.05) is 18.0 Å². The fourth-order valence-corrected chi connectivity index (χ4v) is 2.65. The highest BCUT2D eigenvalue weighted by Gasteiger charge is 2.13. The van der Waals surface area contributed by atoms with Gasteiger partial charge in [0.25, 0.3) is 5.91 Å². The number of nitrogens with zero attached hydrogens (tertiary/aromatic N) is 4. The molecule has 3 aromatic rings. The number of ether oxygens (including phenoxy) is 1. The van der Waals surface area contributed by atoms with Crippen LogP contribution in [0.2, 0.25) is 0 Å². The molecular formula is C16H15N5O4S. The molecule has 0 spiro atoms. The van der Waals surface area contributed by atoms with E-state index in [2.05, 4.69) is 25.4 Å². The van der Waals surface area contributed by atoms with Crippen LogP contribution in [0.25, 0.3) is 11.5 Å². The Bertz CT molecular complexity index is 893. The monoisotopic (exact) mass is 373 g/mol. The minimum Gasteiger partial charge on any atom is -0.456 e. The number of amides is 1. The van der Waals surface area contributed by atoms with Crippen LogP contribution in [-0.2, 0) is 20.7 Å². The zero-order chi connectivity index (χ0) is 18.4. The molecule has 0 aliphatic rings. The van der Waals surface area contributed by atoms with E-state index < -0.39 is 11.9 Å². The van der Waals surface area contributed by atoms with Crippen LogP contribution < -0.4 is 5.32 Å². The molecule has 0 aliphatic carbocycles. The predicted octanol–water partition coefficient (Wildman–Crippen LogP) is 2.01. The lowest BCUT2D eigenvalue weighted by Gasteiger charge is -2.03. The highest BCUT2D eigenvalue weighted by molar-refractivity contribution is 7.13. The maximum Gasteiger partial charge on any atom is 0.306 e. The summed E-state index contributed by atoms with van der Waals surface area (Å²) in [7, 11) is 0. The molecule has 0 aromatic carbocycles. The molecule has 1 amide bonds. The summed E-state index contributed by atoms with van der Waals surface area (Å²) in [5.74, 6) is -0.326. The summed E-state index contributed by atoms with van der Waals surface area (Å²) >= 11 is 1.30. The molecule has 26 heavy (non-hydrogen) atoms. The first-order valence-electron chi connectivity index (χ1n) is 7.72. The molecule has 1 N–H and O–H groups in total. The number of aromatic nitrogens is 4. The number of anilines is 1. The molecule has 0 saturated heterocycles. The normalized spacial score (nSPS) is 10.5. The lowest BCUT2D eigenvalue weighted by atomic mass is 10.3. The minimum atomic E-state index is -0.534. The molecule has 3 aromatic heterocycles. The van der Waals surface area contributed by atoms with E-state index in [1.807, 2.05) is 18.4 Å². The maximum absolute atomic E-state index is 11.7. The molecule has 0 unspecified atom stereocenters. The van der Waals surface area contributed by atoms with Crippen molar-refractivity contribution in [3.63, 3.8) is 0 Å². The third-order valence-electron chi connectivity index (χ3n) is 3.13. The molecule has 0 saturated carbocycles. The van der Waals surface area contributed by atoms with Crippen LogP contribution >= 0.6 is 11.3 Å². The first-order valence-corrected chi connectivity index (χ1v) is 8.60. The van der Waals surface area contributed by atoms with Crippen molar-refractivity contribution in [1.82, 2.24) is 20.1 Å². The third kappa shape index (κ3) is 4.93. The van der Waals surface area contributed by atoms with Gasteiger partial charge in [-0.15, -0.1) is 11.3 Å². The Morgan fingerprint density at radius 2 is 2.19 bits per heavy atom. The van der Waals surface area contributed by atoms with Crippen LogP contribution in [-0.4, -0.2) is 38.6 Å². The van der Waals surface area contributed by atoms with E-state index in [1.165, 1.54) is 11.3 Å². The smallest absolute Gasteiger partial charge is 0.306 e. The Labute approximate surface area is 152 Å². The lowest BCUT2D eigenvalue weighted by molar-refractivity contribution is -0.147. The maximum atomic E-state index is 11.7. The second-order valence-electron chi connectivity index (χ2n) is 5.23. The van der Waals surface area contributed by atoms with Crippen LogP contribution in [0.15, 0.2) is 34.3 Å². The number of aryl methyl sites for hydroxylation is 2. The second kappa shape index (κ2) is 8.30. The van der Waals surface area contributed by atoms with E-state index >= 15 is 0 Å². The quantitative estimate of drug-likeness (QED) is 0.625. The SMILES string of the molecule is Cc1csc(NC(=O)COC(=O)CCc2nc(-c3ccccn3)no2)n1. The Kier molecular flexibility index (Phi) is 5.64. The molecule has 134 valence electrons. The number of pyridine rings is 1. The summed E-state index contributed by atoms with van der Waals surface area (Å²) in [6.45, 7) is 1.45. The van der Waals surface area contributed by atoms with E-state index in [1.54, 1.807) is 18.3 Å². The number of hydrogen-bond acceptors (Lipinski definition) is 9. The molecular weight excluding hydrogens is 358 g/mol. The molecule has 3 heterocycles. The molecule has 10 heteroatoms. The van der Waals surface area contributed by atoms with E-state index in [9.17, 15) is 9.59 Å². The van der Waals surface area contributed by atoms with E-state index in [0.29, 0.717) is 22.5 Å². The number of carbonyl (C=O) groups is 2. The molecule has 0 fully saturated rings. The van der Waals surface area contributed by atoms with Crippen LogP contribution in [0.4, 0.5) is 5.13 Å². The Morgan fingerprint density at radius 1 is 1.31 bits per heavy atom. The Balaban J connectivity index is 1.41. The fourth-order valence-electron chi connectivity index (χ4n) is 1.95.